The fraction of sp³-hybridized carbons (Fsp3) is 0.364. The van der Waals surface area contributed by atoms with Crippen LogP contribution in [0.1, 0.15) is 36.7 Å². The van der Waals surface area contributed by atoms with E-state index in [9.17, 15) is 9.59 Å². The Morgan fingerprint density at radius 1 is 1.10 bits per heavy atom. The average Bonchev–Trinajstić information content (AvgIpc) is 2.65. The first-order valence-electron chi connectivity index (χ1n) is 9.34. The van der Waals surface area contributed by atoms with Gasteiger partial charge in [0.1, 0.15) is 18.0 Å². The lowest BCUT2D eigenvalue weighted by molar-refractivity contribution is 0.0299. The molecule has 0 bridgehead atoms. The SMILES string of the molecule is CN(CCNC(=O)c1ccc(OCc2ccccc2)cc1Cl)C(=O)OC(C)(C)C. The van der Waals surface area contributed by atoms with Gasteiger partial charge >= 0.3 is 6.09 Å². The van der Waals surface area contributed by atoms with E-state index in [4.69, 9.17) is 21.1 Å². The maximum Gasteiger partial charge on any atom is 0.410 e. The van der Waals surface area contributed by atoms with E-state index >= 15 is 0 Å². The number of rotatable bonds is 7. The first-order chi connectivity index (χ1) is 13.7. The van der Waals surface area contributed by atoms with Gasteiger partial charge in [-0.2, -0.15) is 0 Å². The standard InChI is InChI=1S/C22H27ClN2O4/c1-22(2,3)29-21(27)25(4)13-12-24-20(26)18-11-10-17(14-19(18)23)28-15-16-8-6-5-7-9-16/h5-11,14H,12-13,15H2,1-4H3,(H,24,26). The van der Waals surface area contributed by atoms with Crippen molar-refractivity contribution in [3.05, 3.63) is 64.7 Å². The minimum absolute atomic E-state index is 0.275. The minimum Gasteiger partial charge on any atom is -0.489 e. The van der Waals surface area contributed by atoms with Crippen molar-refractivity contribution >= 4 is 23.6 Å². The number of nitrogens with zero attached hydrogens (tertiary/aromatic N) is 1. The van der Waals surface area contributed by atoms with Crippen molar-refractivity contribution in [1.82, 2.24) is 10.2 Å². The molecule has 0 spiro atoms. The van der Waals surface area contributed by atoms with Crippen LogP contribution in [-0.2, 0) is 11.3 Å². The summed E-state index contributed by atoms with van der Waals surface area (Å²) >= 11 is 6.25. The fourth-order valence-corrected chi connectivity index (χ4v) is 2.63. The first kappa shape index (κ1) is 22.6. The summed E-state index contributed by atoms with van der Waals surface area (Å²) in [4.78, 5) is 25.7. The second-order valence-electron chi connectivity index (χ2n) is 7.57. The number of halogens is 1. The molecule has 0 aliphatic carbocycles. The molecule has 0 atom stereocenters. The highest BCUT2D eigenvalue weighted by Gasteiger charge is 2.19. The second kappa shape index (κ2) is 10.2. The van der Waals surface area contributed by atoms with Gasteiger partial charge in [-0.25, -0.2) is 4.79 Å². The van der Waals surface area contributed by atoms with Crippen LogP contribution in [0.5, 0.6) is 5.75 Å². The van der Waals surface area contributed by atoms with E-state index < -0.39 is 11.7 Å². The highest BCUT2D eigenvalue weighted by Crippen LogP contribution is 2.23. The highest BCUT2D eigenvalue weighted by atomic mass is 35.5. The molecule has 0 saturated heterocycles. The van der Waals surface area contributed by atoms with Gasteiger partial charge in [0.25, 0.3) is 5.91 Å². The molecular formula is C22H27ClN2O4. The molecular weight excluding hydrogens is 392 g/mol. The number of likely N-dealkylation sites (N-methyl/N-ethyl adjacent to an activating group) is 1. The molecule has 2 amide bonds. The summed E-state index contributed by atoms with van der Waals surface area (Å²) in [6.45, 7) is 6.41. The Morgan fingerprint density at radius 2 is 1.79 bits per heavy atom. The van der Waals surface area contributed by atoms with Gasteiger partial charge in [-0.1, -0.05) is 41.9 Å². The van der Waals surface area contributed by atoms with Crippen molar-refractivity contribution in [1.29, 1.82) is 0 Å². The van der Waals surface area contributed by atoms with Crippen LogP contribution in [0, 0.1) is 0 Å². The maximum absolute atomic E-state index is 12.4. The topological polar surface area (TPSA) is 67.9 Å². The minimum atomic E-state index is -0.563. The molecule has 0 aliphatic heterocycles. The van der Waals surface area contributed by atoms with Gasteiger partial charge in [-0.15, -0.1) is 0 Å². The zero-order valence-corrected chi connectivity index (χ0v) is 18.0. The molecule has 0 fully saturated rings. The van der Waals surface area contributed by atoms with Gasteiger partial charge in [-0.05, 0) is 44.5 Å². The Balaban J connectivity index is 1.83. The van der Waals surface area contributed by atoms with Crippen LogP contribution in [0.25, 0.3) is 0 Å². The van der Waals surface area contributed by atoms with Crippen LogP contribution in [0.4, 0.5) is 4.79 Å². The number of nitrogens with one attached hydrogen (secondary N) is 1. The van der Waals surface area contributed by atoms with Gasteiger partial charge in [0.2, 0.25) is 0 Å². The van der Waals surface area contributed by atoms with Gasteiger partial charge in [0, 0.05) is 20.1 Å². The summed E-state index contributed by atoms with van der Waals surface area (Å²) in [5.41, 5.74) is 0.824. The predicted octanol–water partition coefficient (Wildman–Crippen LogP) is 4.52. The van der Waals surface area contributed by atoms with Crippen LogP contribution in [0.3, 0.4) is 0 Å². The molecule has 0 saturated carbocycles. The van der Waals surface area contributed by atoms with Gasteiger partial charge in [-0.3, -0.25) is 4.79 Å². The Hall–Kier alpha value is -2.73. The highest BCUT2D eigenvalue weighted by molar-refractivity contribution is 6.34. The van der Waals surface area contributed by atoms with E-state index in [1.807, 2.05) is 30.3 Å². The summed E-state index contributed by atoms with van der Waals surface area (Å²) < 4.78 is 11.0. The largest absolute Gasteiger partial charge is 0.489 e. The summed E-state index contributed by atoms with van der Waals surface area (Å²) in [5, 5.41) is 3.05. The maximum atomic E-state index is 12.4. The first-order valence-corrected chi connectivity index (χ1v) is 9.72. The Bertz CT molecular complexity index is 834. The predicted molar refractivity (Wildman–Crippen MR) is 113 cm³/mol. The number of amides is 2. The van der Waals surface area contributed by atoms with Crippen LogP contribution in [0.15, 0.2) is 48.5 Å². The lowest BCUT2D eigenvalue weighted by Crippen LogP contribution is -2.39. The number of carbonyl (C=O) groups is 2. The number of hydrogen-bond acceptors (Lipinski definition) is 4. The van der Waals surface area contributed by atoms with Crippen molar-refractivity contribution in [2.45, 2.75) is 33.0 Å². The third-order valence-electron chi connectivity index (χ3n) is 3.87. The molecule has 6 nitrogen and oxygen atoms in total. The summed E-state index contributed by atoms with van der Waals surface area (Å²) in [6, 6.07) is 14.7. The normalized spacial score (nSPS) is 10.9. The van der Waals surface area contributed by atoms with Crippen LogP contribution in [-0.4, -0.2) is 42.6 Å². The quantitative estimate of drug-likeness (QED) is 0.718. The molecule has 156 valence electrons. The molecule has 2 rings (SSSR count). The third kappa shape index (κ3) is 7.66. The molecule has 0 aromatic heterocycles. The summed E-state index contributed by atoms with van der Waals surface area (Å²) in [5.74, 6) is 0.266. The van der Waals surface area contributed by atoms with Crippen molar-refractivity contribution in [2.75, 3.05) is 20.1 Å². The van der Waals surface area contributed by atoms with E-state index in [-0.39, 0.29) is 12.5 Å². The van der Waals surface area contributed by atoms with Gasteiger partial charge < -0.3 is 19.7 Å². The van der Waals surface area contributed by atoms with Gasteiger partial charge in [0.05, 0.1) is 10.6 Å². The van der Waals surface area contributed by atoms with E-state index in [0.29, 0.717) is 29.5 Å². The average molecular weight is 419 g/mol. The van der Waals surface area contributed by atoms with E-state index in [1.54, 1.807) is 46.0 Å². The fourth-order valence-electron chi connectivity index (χ4n) is 2.37. The van der Waals surface area contributed by atoms with Gasteiger partial charge in [0.15, 0.2) is 0 Å². The van der Waals surface area contributed by atoms with Crippen molar-refractivity contribution in [2.24, 2.45) is 0 Å². The third-order valence-corrected chi connectivity index (χ3v) is 4.18. The Kier molecular flexibility index (Phi) is 7.91. The number of carbonyl (C=O) groups excluding carboxylic acids is 2. The lowest BCUT2D eigenvalue weighted by atomic mass is 10.2. The monoisotopic (exact) mass is 418 g/mol. The van der Waals surface area contributed by atoms with Crippen molar-refractivity contribution < 1.29 is 19.1 Å². The van der Waals surface area contributed by atoms with E-state index in [1.165, 1.54) is 4.90 Å². The number of benzene rings is 2. The number of ether oxygens (including phenoxy) is 2. The molecule has 1 N–H and O–H groups in total. The second-order valence-corrected chi connectivity index (χ2v) is 7.98. The summed E-state index contributed by atoms with van der Waals surface area (Å²) in [6.07, 6.45) is -0.440. The molecule has 0 heterocycles. The zero-order chi connectivity index (χ0) is 21.4. The van der Waals surface area contributed by atoms with Crippen molar-refractivity contribution in [3.63, 3.8) is 0 Å². The zero-order valence-electron chi connectivity index (χ0n) is 17.2. The molecule has 2 aromatic rings. The van der Waals surface area contributed by atoms with Crippen molar-refractivity contribution in [3.8, 4) is 5.75 Å². The summed E-state index contributed by atoms with van der Waals surface area (Å²) in [7, 11) is 1.62. The molecule has 0 radical (unpaired) electrons. The van der Waals surface area contributed by atoms with E-state index in [0.717, 1.165) is 5.56 Å². The number of hydrogen-bond donors (Lipinski definition) is 1. The molecule has 29 heavy (non-hydrogen) atoms. The Labute approximate surface area is 176 Å². The molecule has 0 aliphatic rings. The smallest absolute Gasteiger partial charge is 0.410 e. The van der Waals surface area contributed by atoms with Crippen LogP contribution >= 0.6 is 11.6 Å². The lowest BCUT2D eigenvalue weighted by Gasteiger charge is -2.24. The van der Waals surface area contributed by atoms with Crippen LogP contribution in [0.2, 0.25) is 5.02 Å². The van der Waals surface area contributed by atoms with E-state index in [2.05, 4.69) is 5.32 Å². The molecule has 0 unspecified atom stereocenters. The molecule has 7 heteroatoms. The molecule has 2 aromatic carbocycles. The Morgan fingerprint density at radius 3 is 2.41 bits per heavy atom. The van der Waals surface area contributed by atoms with Crippen LogP contribution < -0.4 is 10.1 Å².